The predicted molar refractivity (Wildman–Crippen MR) is 87.9 cm³/mol. The van der Waals surface area contributed by atoms with Crippen LogP contribution in [-0.4, -0.2) is 21.9 Å². The van der Waals surface area contributed by atoms with E-state index in [9.17, 15) is 18.8 Å². The Balaban J connectivity index is 1.86. The van der Waals surface area contributed by atoms with Gasteiger partial charge in [0.1, 0.15) is 22.9 Å². The lowest BCUT2D eigenvalue weighted by Crippen LogP contribution is -2.36. The summed E-state index contributed by atoms with van der Waals surface area (Å²) in [5.41, 5.74) is 4.08. The molecule has 0 amide bonds. The summed E-state index contributed by atoms with van der Waals surface area (Å²) in [6, 6.07) is 3.63. The highest BCUT2D eigenvalue weighted by molar-refractivity contribution is 9.10. The van der Waals surface area contributed by atoms with E-state index in [1.807, 2.05) is 0 Å². The SMILES string of the molecule is Nc1c(C(=O)COc2ccc(F)cc2Br)c(=O)[nH]c(=O)n1C1CC1. The Morgan fingerprint density at radius 2 is 2.12 bits per heavy atom. The number of Topliss-reactive ketones (excluding diaryl/α,β-unsaturated/α-hetero) is 1. The molecule has 9 heteroatoms. The number of aromatic amines is 1. The van der Waals surface area contributed by atoms with Gasteiger partial charge in [-0.2, -0.15) is 0 Å². The molecular formula is C15H13BrFN3O4. The van der Waals surface area contributed by atoms with Crippen molar-refractivity contribution in [3.8, 4) is 5.75 Å². The molecule has 0 spiro atoms. The average Bonchev–Trinajstić information content (AvgIpc) is 3.30. The first-order valence-corrected chi connectivity index (χ1v) is 7.93. The lowest BCUT2D eigenvalue weighted by atomic mass is 10.2. The van der Waals surface area contributed by atoms with E-state index in [-0.39, 0.29) is 23.2 Å². The number of hydrogen-bond acceptors (Lipinski definition) is 5. The zero-order chi connectivity index (χ0) is 17.4. The number of nitrogens with two attached hydrogens (primary N) is 1. The Bertz CT molecular complexity index is 933. The van der Waals surface area contributed by atoms with Crippen LogP contribution < -0.4 is 21.7 Å². The maximum absolute atomic E-state index is 13.0. The van der Waals surface area contributed by atoms with Crippen molar-refractivity contribution in [2.24, 2.45) is 0 Å². The van der Waals surface area contributed by atoms with Gasteiger partial charge in [0.05, 0.1) is 4.47 Å². The molecule has 2 aromatic rings. The van der Waals surface area contributed by atoms with Crippen LogP contribution in [0.4, 0.5) is 10.2 Å². The first kappa shape index (κ1) is 16.4. The molecule has 3 N–H and O–H groups in total. The van der Waals surface area contributed by atoms with Crippen LogP contribution in [0.3, 0.4) is 0 Å². The summed E-state index contributed by atoms with van der Waals surface area (Å²) in [4.78, 5) is 38.2. The van der Waals surface area contributed by atoms with Crippen LogP contribution in [0.5, 0.6) is 5.75 Å². The third kappa shape index (κ3) is 3.12. The van der Waals surface area contributed by atoms with Crippen molar-refractivity contribution in [1.82, 2.24) is 9.55 Å². The normalized spacial score (nSPS) is 13.8. The summed E-state index contributed by atoms with van der Waals surface area (Å²) in [6.45, 7) is -0.472. The van der Waals surface area contributed by atoms with E-state index in [0.717, 1.165) is 12.8 Å². The second kappa shape index (κ2) is 6.23. The number of anilines is 1. The Hall–Kier alpha value is -2.42. The van der Waals surface area contributed by atoms with Crippen LogP contribution in [0.1, 0.15) is 29.2 Å². The summed E-state index contributed by atoms with van der Waals surface area (Å²) in [5.74, 6) is -1.04. The van der Waals surface area contributed by atoms with Crippen LogP contribution in [-0.2, 0) is 0 Å². The fourth-order valence-electron chi connectivity index (χ4n) is 2.34. The van der Waals surface area contributed by atoms with E-state index < -0.39 is 29.5 Å². The Morgan fingerprint density at radius 1 is 1.42 bits per heavy atom. The van der Waals surface area contributed by atoms with Crippen LogP contribution in [0, 0.1) is 5.82 Å². The van der Waals surface area contributed by atoms with Gasteiger partial charge in [-0.05, 0) is 47.0 Å². The average molecular weight is 398 g/mol. The molecule has 1 heterocycles. The molecule has 3 rings (SSSR count). The monoisotopic (exact) mass is 397 g/mol. The summed E-state index contributed by atoms with van der Waals surface area (Å²) >= 11 is 3.12. The van der Waals surface area contributed by atoms with Gasteiger partial charge >= 0.3 is 5.69 Å². The largest absolute Gasteiger partial charge is 0.484 e. The first-order valence-electron chi connectivity index (χ1n) is 7.14. The standard InChI is InChI=1S/C15H13BrFN3O4/c16-9-5-7(17)1-4-11(9)24-6-10(21)12-13(18)20(8-2-3-8)15(23)19-14(12)22/h1,4-5,8H,2-3,6,18H2,(H,19,22,23). The zero-order valence-electron chi connectivity index (χ0n) is 12.3. The van der Waals surface area contributed by atoms with E-state index in [1.165, 1.54) is 22.8 Å². The minimum Gasteiger partial charge on any atom is -0.484 e. The number of ketones is 1. The topological polar surface area (TPSA) is 107 Å². The van der Waals surface area contributed by atoms with Crippen LogP contribution in [0.15, 0.2) is 32.3 Å². The van der Waals surface area contributed by atoms with Crippen molar-refractivity contribution in [2.45, 2.75) is 18.9 Å². The van der Waals surface area contributed by atoms with Crippen molar-refractivity contribution in [3.05, 3.63) is 54.9 Å². The lowest BCUT2D eigenvalue weighted by molar-refractivity contribution is 0.0919. The molecule has 1 fully saturated rings. The molecule has 0 unspecified atom stereocenters. The van der Waals surface area contributed by atoms with Crippen LogP contribution in [0.25, 0.3) is 0 Å². The smallest absolute Gasteiger partial charge is 0.330 e. The number of carbonyl (C=O) groups excluding carboxylic acids is 1. The maximum Gasteiger partial charge on any atom is 0.330 e. The van der Waals surface area contributed by atoms with E-state index in [0.29, 0.717) is 4.47 Å². The minimum absolute atomic E-state index is 0.0898. The summed E-state index contributed by atoms with van der Waals surface area (Å²) in [7, 11) is 0. The van der Waals surface area contributed by atoms with E-state index in [4.69, 9.17) is 10.5 Å². The van der Waals surface area contributed by atoms with Gasteiger partial charge in [0.15, 0.2) is 6.61 Å². The van der Waals surface area contributed by atoms with Crippen LogP contribution >= 0.6 is 15.9 Å². The Labute approximate surface area is 143 Å². The van der Waals surface area contributed by atoms with Crippen molar-refractivity contribution in [3.63, 3.8) is 0 Å². The molecule has 1 aromatic carbocycles. The lowest BCUT2D eigenvalue weighted by Gasteiger charge is -2.12. The molecular weight excluding hydrogens is 385 g/mol. The summed E-state index contributed by atoms with van der Waals surface area (Å²) < 4.78 is 19.9. The number of H-pyrrole nitrogens is 1. The number of nitrogens with zero attached hydrogens (tertiary/aromatic N) is 1. The molecule has 1 saturated carbocycles. The van der Waals surface area contributed by atoms with Crippen LogP contribution in [0.2, 0.25) is 0 Å². The number of benzene rings is 1. The fraction of sp³-hybridized carbons (Fsp3) is 0.267. The molecule has 1 aliphatic rings. The third-order valence-corrected chi connectivity index (χ3v) is 4.25. The number of halogens is 2. The molecule has 0 bridgehead atoms. The molecule has 0 aliphatic heterocycles. The quantitative estimate of drug-likeness (QED) is 0.745. The number of nitrogens with one attached hydrogen (secondary N) is 1. The van der Waals surface area contributed by atoms with Gasteiger partial charge in [-0.25, -0.2) is 9.18 Å². The van der Waals surface area contributed by atoms with Gasteiger partial charge in [0.25, 0.3) is 5.56 Å². The number of rotatable bonds is 5. The molecule has 126 valence electrons. The van der Waals surface area contributed by atoms with Gasteiger partial charge in [-0.3, -0.25) is 19.1 Å². The number of carbonyl (C=O) groups is 1. The highest BCUT2D eigenvalue weighted by atomic mass is 79.9. The number of nitrogen functional groups attached to an aromatic ring is 1. The second-order valence-electron chi connectivity index (χ2n) is 5.41. The van der Waals surface area contributed by atoms with Crippen molar-refractivity contribution in [2.75, 3.05) is 12.3 Å². The van der Waals surface area contributed by atoms with Gasteiger partial charge in [0.2, 0.25) is 5.78 Å². The highest BCUT2D eigenvalue weighted by Crippen LogP contribution is 2.35. The van der Waals surface area contributed by atoms with E-state index in [1.54, 1.807) is 0 Å². The predicted octanol–water partition coefficient (Wildman–Crippen LogP) is 1.62. The zero-order valence-corrected chi connectivity index (χ0v) is 13.9. The van der Waals surface area contributed by atoms with Crippen molar-refractivity contribution in [1.29, 1.82) is 0 Å². The molecule has 0 saturated heterocycles. The van der Waals surface area contributed by atoms with Gasteiger partial charge in [-0.1, -0.05) is 0 Å². The minimum atomic E-state index is -0.846. The molecule has 0 atom stereocenters. The molecule has 0 radical (unpaired) electrons. The first-order chi connectivity index (χ1) is 11.4. The van der Waals surface area contributed by atoms with Crippen molar-refractivity contribution < 1.29 is 13.9 Å². The van der Waals surface area contributed by atoms with E-state index in [2.05, 4.69) is 20.9 Å². The summed E-state index contributed by atoms with van der Waals surface area (Å²) in [6.07, 6.45) is 1.53. The van der Waals surface area contributed by atoms with Gasteiger partial charge in [-0.15, -0.1) is 0 Å². The highest BCUT2D eigenvalue weighted by Gasteiger charge is 2.30. The molecule has 24 heavy (non-hydrogen) atoms. The van der Waals surface area contributed by atoms with E-state index >= 15 is 0 Å². The Morgan fingerprint density at radius 3 is 2.75 bits per heavy atom. The number of aromatic nitrogens is 2. The Kier molecular flexibility index (Phi) is 4.27. The van der Waals surface area contributed by atoms with Gasteiger partial charge < -0.3 is 10.5 Å². The second-order valence-corrected chi connectivity index (χ2v) is 6.26. The molecule has 7 nitrogen and oxygen atoms in total. The summed E-state index contributed by atoms with van der Waals surface area (Å²) in [5, 5.41) is 0. The van der Waals surface area contributed by atoms with Gasteiger partial charge in [0, 0.05) is 6.04 Å². The molecule has 1 aliphatic carbocycles. The fourth-order valence-corrected chi connectivity index (χ4v) is 2.80. The van der Waals surface area contributed by atoms with Crippen molar-refractivity contribution >= 4 is 27.5 Å². The number of hydrogen-bond donors (Lipinski definition) is 2. The maximum atomic E-state index is 13.0. The third-order valence-electron chi connectivity index (χ3n) is 3.63. The molecule has 1 aromatic heterocycles. The number of ether oxygens (including phenoxy) is 1.